The van der Waals surface area contributed by atoms with Gasteiger partial charge in [-0.25, -0.2) is 4.39 Å². The van der Waals surface area contributed by atoms with Gasteiger partial charge in [0.25, 0.3) is 5.91 Å². The first-order chi connectivity index (χ1) is 13.6. The van der Waals surface area contributed by atoms with Gasteiger partial charge in [0.2, 0.25) is 0 Å². The van der Waals surface area contributed by atoms with Crippen LogP contribution in [0.2, 0.25) is 15.1 Å². The number of alkyl halides is 7. The third-order valence-corrected chi connectivity index (χ3v) is 4.72. The summed E-state index contributed by atoms with van der Waals surface area (Å²) in [5, 5.41) is 9.05. The molecule has 0 radical (unpaired) electrons. The topological polar surface area (TPSA) is 52.9 Å². The normalized spacial score (nSPS) is 12.4. The molecule has 0 aliphatic rings. The number of hydrogen-bond donors (Lipinski definition) is 1. The molecule has 2 aromatic carbocycles. The zero-order chi connectivity index (χ0) is 23.1. The molecular weight excluding hydrogens is 488 g/mol. The Balaban J connectivity index is 2.48. The molecule has 3 nitrogen and oxygen atoms in total. The number of anilines is 1. The van der Waals surface area contributed by atoms with Gasteiger partial charge in [-0.3, -0.25) is 4.79 Å². The predicted molar refractivity (Wildman–Crippen MR) is 95.5 cm³/mol. The largest absolute Gasteiger partial charge is 0.435 e. The molecule has 0 saturated heterocycles. The van der Waals surface area contributed by atoms with E-state index in [1.54, 1.807) is 6.07 Å². The predicted octanol–water partition coefficient (Wildman–Crippen LogP) is 7.06. The Kier molecular flexibility index (Phi) is 6.52. The lowest BCUT2D eigenvalue weighted by atomic mass is 9.94. The summed E-state index contributed by atoms with van der Waals surface area (Å²) in [6.45, 7) is 0. The van der Waals surface area contributed by atoms with E-state index in [0.717, 1.165) is 6.07 Å². The minimum absolute atomic E-state index is 0.0484. The van der Waals surface area contributed by atoms with Crippen molar-refractivity contribution in [3.8, 4) is 6.07 Å². The Morgan fingerprint density at radius 3 is 1.77 bits per heavy atom. The van der Waals surface area contributed by atoms with Crippen LogP contribution in [0.1, 0.15) is 21.5 Å². The molecule has 160 valence electrons. The van der Waals surface area contributed by atoms with E-state index in [-0.39, 0.29) is 28.3 Å². The molecule has 0 bridgehead atoms. The number of rotatable bonds is 3. The van der Waals surface area contributed by atoms with Gasteiger partial charge in [0, 0.05) is 11.1 Å². The van der Waals surface area contributed by atoms with E-state index < -0.39 is 45.2 Å². The lowest BCUT2D eigenvalue weighted by Gasteiger charge is -2.30. The highest BCUT2D eigenvalue weighted by molar-refractivity contribution is 6.40. The molecule has 0 spiro atoms. The van der Waals surface area contributed by atoms with Crippen LogP contribution in [-0.4, -0.2) is 18.3 Å². The minimum Gasteiger partial charge on any atom is -0.319 e. The zero-order valence-corrected chi connectivity index (χ0v) is 16.3. The fourth-order valence-electron chi connectivity index (χ4n) is 2.31. The summed E-state index contributed by atoms with van der Waals surface area (Å²) in [6.07, 6.45) is -12.7. The minimum atomic E-state index is -6.36. The Morgan fingerprint density at radius 1 is 0.867 bits per heavy atom. The molecular formula is C17H6Cl3F7N2O. The second-order valence-electron chi connectivity index (χ2n) is 5.73. The zero-order valence-electron chi connectivity index (χ0n) is 14.0. The van der Waals surface area contributed by atoms with Crippen LogP contribution in [0.25, 0.3) is 0 Å². The number of carbonyl (C=O) groups excluding carboxylic acids is 1. The van der Waals surface area contributed by atoms with Crippen LogP contribution >= 0.6 is 34.8 Å². The van der Waals surface area contributed by atoms with Gasteiger partial charge in [0.1, 0.15) is 6.07 Å². The van der Waals surface area contributed by atoms with Crippen molar-refractivity contribution in [2.24, 2.45) is 0 Å². The number of benzene rings is 2. The fraction of sp³-hybridized carbons (Fsp3) is 0.176. The van der Waals surface area contributed by atoms with Crippen molar-refractivity contribution in [1.29, 1.82) is 5.26 Å². The molecule has 2 aromatic rings. The molecule has 13 heteroatoms. The van der Waals surface area contributed by atoms with E-state index in [0.29, 0.717) is 0 Å². The van der Waals surface area contributed by atoms with Gasteiger partial charge in [-0.15, -0.1) is 0 Å². The van der Waals surface area contributed by atoms with Crippen molar-refractivity contribution in [3.05, 3.63) is 62.1 Å². The van der Waals surface area contributed by atoms with Crippen LogP contribution in [-0.2, 0) is 5.67 Å². The summed E-state index contributed by atoms with van der Waals surface area (Å²) in [4.78, 5) is 12.3. The summed E-state index contributed by atoms with van der Waals surface area (Å²) in [5.74, 6) is -0.948. The SMILES string of the molecule is N#Cc1ccc(C(=O)Nc2c(Cl)cc(C(F)(C(F)(F)F)C(F)(F)F)cc2Cl)cc1Cl. The van der Waals surface area contributed by atoms with Gasteiger partial charge in [-0.2, -0.15) is 31.6 Å². The van der Waals surface area contributed by atoms with Crippen molar-refractivity contribution in [2.45, 2.75) is 18.0 Å². The molecule has 1 N–H and O–H groups in total. The molecule has 2 rings (SSSR count). The highest BCUT2D eigenvalue weighted by Crippen LogP contribution is 2.54. The summed E-state index contributed by atoms with van der Waals surface area (Å²) >= 11 is 17.1. The maximum Gasteiger partial charge on any atom is 0.435 e. The lowest BCUT2D eigenvalue weighted by Crippen LogP contribution is -2.50. The van der Waals surface area contributed by atoms with Crippen LogP contribution in [0.15, 0.2) is 30.3 Å². The third-order valence-electron chi connectivity index (χ3n) is 3.81. The molecule has 0 heterocycles. The molecule has 0 aromatic heterocycles. The average molecular weight is 494 g/mol. The Morgan fingerprint density at radius 2 is 1.37 bits per heavy atom. The van der Waals surface area contributed by atoms with Crippen molar-refractivity contribution >= 4 is 46.4 Å². The molecule has 30 heavy (non-hydrogen) atoms. The smallest absolute Gasteiger partial charge is 0.319 e. The number of nitrogens with zero attached hydrogens (tertiary/aromatic N) is 1. The molecule has 0 aliphatic carbocycles. The Hall–Kier alpha value is -2.22. The summed E-state index contributed by atoms with van der Waals surface area (Å²) in [5.41, 5.74) is -8.28. The Bertz CT molecular complexity index is 1010. The number of nitrogens with one attached hydrogen (secondary N) is 1. The first-order valence-electron chi connectivity index (χ1n) is 7.46. The average Bonchev–Trinajstić information content (AvgIpc) is 2.61. The molecule has 0 unspecified atom stereocenters. The van der Waals surface area contributed by atoms with E-state index >= 15 is 0 Å². The maximum atomic E-state index is 14.2. The number of halogens is 10. The van der Waals surface area contributed by atoms with Crippen LogP contribution in [0.3, 0.4) is 0 Å². The van der Waals surface area contributed by atoms with Crippen molar-refractivity contribution < 1.29 is 35.5 Å². The highest BCUT2D eigenvalue weighted by atomic mass is 35.5. The van der Waals surface area contributed by atoms with Crippen molar-refractivity contribution in [2.75, 3.05) is 5.32 Å². The second kappa shape index (κ2) is 8.13. The van der Waals surface area contributed by atoms with Crippen molar-refractivity contribution in [1.82, 2.24) is 0 Å². The van der Waals surface area contributed by atoms with Gasteiger partial charge in [-0.1, -0.05) is 34.8 Å². The number of nitriles is 1. The summed E-state index contributed by atoms with van der Waals surface area (Å²) in [7, 11) is 0. The molecule has 0 saturated carbocycles. The van der Waals surface area contributed by atoms with E-state index in [1.807, 2.05) is 0 Å². The lowest BCUT2D eigenvalue weighted by molar-refractivity contribution is -0.348. The molecule has 1 amide bonds. The standard InChI is InChI=1S/C17H6Cl3F7N2O/c18-10-3-7(1-2-8(10)6-28)14(30)29-13-11(19)4-9(5-12(13)20)15(21,16(22,23)24)17(25,26)27/h1-5H,(H,29,30). The first kappa shape index (κ1) is 24.1. The van der Waals surface area contributed by atoms with Crippen molar-refractivity contribution in [3.63, 3.8) is 0 Å². The molecule has 0 fully saturated rings. The third kappa shape index (κ3) is 4.29. The van der Waals surface area contributed by atoms with E-state index in [9.17, 15) is 35.5 Å². The van der Waals surface area contributed by atoms with Gasteiger partial charge >= 0.3 is 18.0 Å². The Labute approximate surface area is 178 Å². The van der Waals surface area contributed by atoms with E-state index in [2.05, 4.69) is 5.32 Å². The monoisotopic (exact) mass is 492 g/mol. The van der Waals surface area contributed by atoms with Gasteiger partial charge in [0.05, 0.1) is 26.3 Å². The van der Waals surface area contributed by atoms with Gasteiger partial charge in [0.15, 0.2) is 0 Å². The van der Waals surface area contributed by atoms with Gasteiger partial charge < -0.3 is 5.32 Å². The number of amides is 1. The first-order valence-corrected chi connectivity index (χ1v) is 8.59. The number of hydrogen-bond acceptors (Lipinski definition) is 2. The highest BCUT2D eigenvalue weighted by Gasteiger charge is 2.73. The van der Waals surface area contributed by atoms with E-state index in [1.165, 1.54) is 12.1 Å². The summed E-state index contributed by atoms with van der Waals surface area (Å²) in [6, 6.07) is 5.35. The number of carbonyl (C=O) groups is 1. The van der Waals surface area contributed by atoms with Crippen LogP contribution in [0.5, 0.6) is 0 Å². The maximum absolute atomic E-state index is 14.2. The van der Waals surface area contributed by atoms with Crippen LogP contribution < -0.4 is 5.32 Å². The second-order valence-corrected chi connectivity index (χ2v) is 6.95. The summed E-state index contributed by atoms with van der Waals surface area (Å²) < 4.78 is 91.5. The fourth-order valence-corrected chi connectivity index (χ4v) is 3.12. The van der Waals surface area contributed by atoms with Crippen LogP contribution in [0.4, 0.5) is 36.4 Å². The van der Waals surface area contributed by atoms with Gasteiger partial charge in [-0.05, 0) is 30.3 Å². The van der Waals surface area contributed by atoms with Crippen LogP contribution in [0, 0.1) is 11.3 Å². The molecule has 0 atom stereocenters. The van der Waals surface area contributed by atoms with E-state index in [4.69, 9.17) is 40.1 Å². The molecule has 0 aliphatic heterocycles. The quantitative estimate of drug-likeness (QED) is 0.466.